The maximum Gasteiger partial charge on any atom is 0.274 e. The lowest BCUT2D eigenvalue weighted by atomic mass is 10.1. The van der Waals surface area contributed by atoms with Crippen LogP contribution in [-0.2, 0) is 4.74 Å². The molecule has 3 aromatic rings. The lowest BCUT2D eigenvalue weighted by Crippen LogP contribution is -2.26. The first-order chi connectivity index (χ1) is 14.7. The first kappa shape index (κ1) is 19.8. The molecule has 1 heterocycles. The number of ether oxygens (including phenoxy) is 1. The maximum absolute atomic E-state index is 12.7. The van der Waals surface area contributed by atoms with Gasteiger partial charge in [-0.05, 0) is 37.1 Å². The average Bonchev–Trinajstić information content (AvgIpc) is 3.48. The van der Waals surface area contributed by atoms with E-state index in [9.17, 15) is 9.59 Å². The van der Waals surface area contributed by atoms with Crippen molar-refractivity contribution in [3.8, 4) is 16.9 Å². The van der Waals surface area contributed by atoms with Crippen LogP contribution in [0.15, 0.2) is 54.6 Å². The van der Waals surface area contributed by atoms with Crippen molar-refractivity contribution in [3.05, 3.63) is 65.9 Å². The molecule has 1 saturated carbocycles. The Hall–Kier alpha value is -3.52. The summed E-state index contributed by atoms with van der Waals surface area (Å²) in [7, 11) is 1.59. The Kier molecular flexibility index (Phi) is 5.85. The Bertz CT molecular complexity index is 1030. The van der Waals surface area contributed by atoms with Crippen LogP contribution in [0.3, 0.4) is 0 Å². The van der Waals surface area contributed by atoms with Crippen LogP contribution in [-0.4, -0.2) is 53.1 Å². The fourth-order valence-corrected chi connectivity index (χ4v) is 3.07. The number of rotatable bonds is 8. The molecule has 4 rings (SSSR count). The second-order valence-corrected chi connectivity index (χ2v) is 7.11. The van der Waals surface area contributed by atoms with Gasteiger partial charge in [0.1, 0.15) is 5.69 Å². The number of carbonyl (C=O) groups is 2. The zero-order valence-corrected chi connectivity index (χ0v) is 16.7. The van der Waals surface area contributed by atoms with Gasteiger partial charge < -0.3 is 15.4 Å². The summed E-state index contributed by atoms with van der Waals surface area (Å²) >= 11 is 0. The number of nitrogens with zero attached hydrogens (tertiary/aromatic N) is 3. The molecule has 0 atom stereocenters. The predicted octanol–water partition coefficient (Wildman–Crippen LogP) is 2.20. The van der Waals surface area contributed by atoms with E-state index in [4.69, 9.17) is 4.74 Å². The van der Waals surface area contributed by atoms with Gasteiger partial charge in [0.05, 0.1) is 12.3 Å². The first-order valence-corrected chi connectivity index (χ1v) is 9.87. The monoisotopic (exact) mass is 405 g/mol. The van der Waals surface area contributed by atoms with E-state index in [2.05, 4.69) is 20.9 Å². The van der Waals surface area contributed by atoms with E-state index < -0.39 is 0 Å². The summed E-state index contributed by atoms with van der Waals surface area (Å²) in [6, 6.07) is 16.8. The minimum atomic E-state index is -0.225. The molecule has 0 bridgehead atoms. The van der Waals surface area contributed by atoms with Gasteiger partial charge in [0.15, 0.2) is 5.69 Å². The molecule has 0 saturated heterocycles. The number of carbonyl (C=O) groups excluding carboxylic acids is 2. The minimum absolute atomic E-state index is 0.176. The Labute approximate surface area is 174 Å². The highest BCUT2D eigenvalue weighted by molar-refractivity contribution is 5.98. The van der Waals surface area contributed by atoms with E-state index in [-0.39, 0.29) is 23.6 Å². The van der Waals surface area contributed by atoms with Crippen molar-refractivity contribution in [1.29, 1.82) is 0 Å². The standard InChI is InChI=1S/C22H23N5O3/c1-30-14-13-23-21(28)16-7-11-18(12-8-16)27-20(15-5-3-2-4-6-15)19(25-26-27)22(29)24-17-9-10-17/h2-8,11-12,17H,9-10,13-14H2,1H3,(H,23,28)(H,24,29). The van der Waals surface area contributed by atoms with Crippen molar-refractivity contribution in [2.75, 3.05) is 20.3 Å². The molecular formula is C22H23N5O3. The second kappa shape index (κ2) is 8.87. The highest BCUT2D eigenvalue weighted by Gasteiger charge is 2.28. The lowest BCUT2D eigenvalue weighted by molar-refractivity contribution is 0.0932. The third kappa shape index (κ3) is 4.38. The van der Waals surface area contributed by atoms with Gasteiger partial charge in [-0.25, -0.2) is 4.68 Å². The summed E-state index contributed by atoms with van der Waals surface area (Å²) in [5.41, 5.74) is 2.98. The van der Waals surface area contributed by atoms with E-state index in [0.717, 1.165) is 18.4 Å². The van der Waals surface area contributed by atoms with Crippen molar-refractivity contribution in [2.45, 2.75) is 18.9 Å². The molecular weight excluding hydrogens is 382 g/mol. The zero-order valence-electron chi connectivity index (χ0n) is 16.7. The van der Waals surface area contributed by atoms with Gasteiger partial charge in [0.2, 0.25) is 0 Å². The van der Waals surface area contributed by atoms with Crippen molar-refractivity contribution in [2.24, 2.45) is 0 Å². The maximum atomic E-state index is 12.7. The van der Waals surface area contributed by atoms with E-state index >= 15 is 0 Å². The van der Waals surface area contributed by atoms with E-state index in [0.29, 0.717) is 30.1 Å². The highest BCUT2D eigenvalue weighted by atomic mass is 16.5. The Balaban J connectivity index is 1.64. The molecule has 2 aromatic carbocycles. The van der Waals surface area contributed by atoms with Crippen LogP contribution < -0.4 is 10.6 Å². The highest BCUT2D eigenvalue weighted by Crippen LogP contribution is 2.26. The summed E-state index contributed by atoms with van der Waals surface area (Å²) in [5.74, 6) is -0.401. The summed E-state index contributed by atoms with van der Waals surface area (Å²) in [4.78, 5) is 24.9. The number of amides is 2. The number of benzene rings is 2. The van der Waals surface area contributed by atoms with Crippen LogP contribution in [0.5, 0.6) is 0 Å². The summed E-state index contributed by atoms with van der Waals surface area (Å²) in [6.07, 6.45) is 1.99. The van der Waals surface area contributed by atoms with Crippen LogP contribution in [0.1, 0.15) is 33.7 Å². The number of aromatic nitrogens is 3. The molecule has 0 spiro atoms. The molecule has 1 aliphatic rings. The average molecular weight is 405 g/mol. The first-order valence-electron chi connectivity index (χ1n) is 9.87. The van der Waals surface area contributed by atoms with Crippen molar-refractivity contribution in [1.82, 2.24) is 25.6 Å². The second-order valence-electron chi connectivity index (χ2n) is 7.11. The topological polar surface area (TPSA) is 98.1 Å². The molecule has 0 radical (unpaired) electrons. The summed E-state index contributed by atoms with van der Waals surface area (Å²) in [5, 5.41) is 14.2. The van der Waals surface area contributed by atoms with E-state index in [1.807, 2.05) is 30.3 Å². The fraction of sp³-hybridized carbons (Fsp3) is 0.273. The molecule has 1 aliphatic carbocycles. The number of hydrogen-bond acceptors (Lipinski definition) is 5. The lowest BCUT2D eigenvalue weighted by Gasteiger charge is -2.10. The van der Waals surface area contributed by atoms with Crippen LogP contribution in [0.25, 0.3) is 16.9 Å². The van der Waals surface area contributed by atoms with Gasteiger partial charge in [-0.1, -0.05) is 35.5 Å². The molecule has 1 fully saturated rings. The van der Waals surface area contributed by atoms with E-state index in [1.54, 1.807) is 36.1 Å². The molecule has 1 aromatic heterocycles. The normalized spacial score (nSPS) is 13.1. The van der Waals surface area contributed by atoms with Crippen LogP contribution in [0.2, 0.25) is 0 Å². The van der Waals surface area contributed by atoms with Gasteiger partial charge in [-0.3, -0.25) is 9.59 Å². The minimum Gasteiger partial charge on any atom is -0.383 e. The van der Waals surface area contributed by atoms with Gasteiger partial charge in [-0.15, -0.1) is 5.10 Å². The third-order valence-corrected chi connectivity index (χ3v) is 4.81. The smallest absolute Gasteiger partial charge is 0.274 e. The Morgan fingerprint density at radius 1 is 1.07 bits per heavy atom. The van der Waals surface area contributed by atoms with Gasteiger partial charge in [0.25, 0.3) is 11.8 Å². The third-order valence-electron chi connectivity index (χ3n) is 4.81. The Morgan fingerprint density at radius 2 is 1.80 bits per heavy atom. The molecule has 2 amide bonds. The van der Waals surface area contributed by atoms with Gasteiger partial charge in [-0.2, -0.15) is 0 Å². The summed E-state index contributed by atoms with van der Waals surface area (Å²) < 4.78 is 6.57. The molecule has 8 heteroatoms. The fourth-order valence-electron chi connectivity index (χ4n) is 3.07. The molecule has 154 valence electrons. The van der Waals surface area contributed by atoms with Crippen molar-refractivity contribution >= 4 is 11.8 Å². The van der Waals surface area contributed by atoms with Gasteiger partial charge in [0, 0.05) is 30.8 Å². The van der Waals surface area contributed by atoms with Crippen LogP contribution in [0, 0.1) is 0 Å². The number of hydrogen-bond donors (Lipinski definition) is 2. The quantitative estimate of drug-likeness (QED) is 0.560. The van der Waals surface area contributed by atoms with E-state index in [1.165, 1.54) is 0 Å². The molecule has 0 aliphatic heterocycles. The Morgan fingerprint density at radius 3 is 2.47 bits per heavy atom. The zero-order chi connectivity index (χ0) is 20.9. The number of methoxy groups -OCH3 is 1. The number of nitrogens with one attached hydrogen (secondary N) is 2. The van der Waals surface area contributed by atoms with Crippen molar-refractivity contribution in [3.63, 3.8) is 0 Å². The summed E-state index contributed by atoms with van der Waals surface area (Å²) in [6.45, 7) is 0.896. The molecule has 8 nitrogen and oxygen atoms in total. The van der Waals surface area contributed by atoms with Crippen LogP contribution >= 0.6 is 0 Å². The van der Waals surface area contributed by atoms with Crippen molar-refractivity contribution < 1.29 is 14.3 Å². The largest absolute Gasteiger partial charge is 0.383 e. The molecule has 2 N–H and O–H groups in total. The molecule has 30 heavy (non-hydrogen) atoms. The van der Waals surface area contributed by atoms with Crippen LogP contribution in [0.4, 0.5) is 0 Å². The predicted molar refractivity (Wildman–Crippen MR) is 111 cm³/mol. The SMILES string of the molecule is COCCNC(=O)c1ccc(-n2nnc(C(=O)NC3CC3)c2-c2ccccc2)cc1. The molecule has 0 unspecified atom stereocenters. The van der Waals surface area contributed by atoms with Gasteiger partial charge >= 0.3 is 0 Å².